The van der Waals surface area contributed by atoms with E-state index in [0.717, 1.165) is 19.7 Å². The number of nitrogens with one attached hydrogen (secondary N) is 1. The van der Waals surface area contributed by atoms with E-state index in [1.165, 1.54) is 25.7 Å². The summed E-state index contributed by atoms with van der Waals surface area (Å²) >= 11 is 0. The molecule has 3 atom stereocenters. The molecule has 17 heavy (non-hydrogen) atoms. The summed E-state index contributed by atoms with van der Waals surface area (Å²) in [6.07, 6.45) is 5.27. The van der Waals surface area contributed by atoms with Crippen LogP contribution in [0.4, 0.5) is 0 Å². The van der Waals surface area contributed by atoms with Gasteiger partial charge in [0.15, 0.2) is 0 Å². The van der Waals surface area contributed by atoms with E-state index in [-0.39, 0.29) is 11.0 Å². The third kappa shape index (κ3) is 2.02. The lowest BCUT2D eigenvalue weighted by Gasteiger charge is -2.66. The van der Waals surface area contributed by atoms with Gasteiger partial charge in [-0.15, -0.1) is 0 Å². The second kappa shape index (κ2) is 4.87. The number of hydrogen-bond acceptors (Lipinski definition) is 3. The number of fused-ring (bicyclic) bond motifs is 1. The average Bonchev–Trinajstić information content (AvgIpc) is 2.34. The van der Waals surface area contributed by atoms with Crippen molar-refractivity contribution in [1.29, 1.82) is 0 Å². The molecule has 1 aliphatic carbocycles. The fourth-order valence-electron chi connectivity index (χ4n) is 3.62. The van der Waals surface area contributed by atoms with Gasteiger partial charge in [0.2, 0.25) is 0 Å². The normalized spacial score (nSPS) is 39.5. The van der Waals surface area contributed by atoms with E-state index >= 15 is 0 Å². The average molecular weight is 240 g/mol. The second-order valence-corrected chi connectivity index (χ2v) is 6.33. The number of ether oxygens (including phenoxy) is 1. The maximum Gasteiger partial charge on any atom is 0.0690 e. The second-order valence-electron chi connectivity index (χ2n) is 6.33. The van der Waals surface area contributed by atoms with Gasteiger partial charge in [-0.2, -0.15) is 0 Å². The monoisotopic (exact) mass is 240 g/mol. The molecule has 3 heteroatoms. The van der Waals surface area contributed by atoms with E-state index in [9.17, 15) is 0 Å². The molecule has 100 valence electrons. The molecule has 2 fully saturated rings. The summed E-state index contributed by atoms with van der Waals surface area (Å²) in [4.78, 5) is 0. The highest BCUT2D eigenvalue weighted by molar-refractivity contribution is 5.20. The van der Waals surface area contributed by atoms with Crippen molar-refractivity contribution in [3.63, 3.8) is 0 Å². The lowest BCUT2D eigenvalue weighted by atomic mass is 9.46. The Hall–Kier alpha value is -0.120. The molecule has 0 aromatic heterocycles. The van der Waals surface area contributed by atoms with Crippen LogP contribution in [0.2, 0.25) is 0 Å². The first kappa shape index (κ1) is 13.3. The Morgan fingerprint density at radius 1 is 1.41 bits per heavy atom. The first-order valence-corrected chi connectivity index (χ1v) is 7.15. The Labute approximate surface area is 105 Å². The molecular formula is C14H28N2O. The van der Waals surface area contributed by atoms with Crippen molar-refractivity contribution < 1.29 is 4.74 Å². The third-order valence-electron chi connectivity index (χ3n) is 5.02. The van der Waals surface area contributed by atoms with Gasteiger partial charge < -0.3 is 15.8 Å². The van der Waals surface area contributed by atoms with Crippen molar-refractivity contribution in [2.45, 2.75) is 58.1 Å². The van der Waals surface area contributed by atoms with E-state index in [0.29, 0.717) is 12.0 Å². The molecular weight excluding hydrogens is 212 g/mol. The number of rotatable bonds is 5. The quantitative estimate of drug-likeness (QED) is 0.722. The predicted molar refractivity (Wildman–Crippen MR) is 70.9 cm³/mol. The summed E-state index contributed by atoms with van der Waals surface area (Å²) in [5, 5.41) is 3.54. The lowest BCUT2D eigenvalue weighted by molar-refractivity contribution is -0.225. The summed E-state index contributed by atoms with van der Waals surface area (Å²) in [7, 11) is 0. The van der Waals surface area contributed by atoms with Gasteiger partial charge in [0.25, 0.3) is 0 Å². The molecule has 3 N–H and O–H groups in total. The highest BCUT2D eigenvalue weighted by Crippen LogP contribution is 2.56. The van der Waals surface area contributed by atoms with E-state index in [4.69, 9.17) is 10.5 Å². The molecule has 0 aromatic carbocycles. The minimum atomic E-state index is -0.0776. The van der Waals surface area contributed by atoms with E-state index in [1.807, 2.05) is 0 Å². The molecule has 3 nitrogen and oxygen atoms in total. The molecule has 0 amide bonds. The zero-order valence-electron chi connectivity index (χ0n) is 11.6. The maximum atomic E-state index is 6.67. The van der Waals surface area contributed by atoms with Crippen molar-refractivity contribution in [3.05, 3.63) is 0 Å². The highest BCUT2D eigenvalue weighted by Gasteiger charge is 2.65. The van der Waals surface area contributed by atoms with Crippen molar-refractivity contribution >= 4 is 0 Å². The third-order valence-corrected chi connectivity index (χ3v) is 5.02. The zero-order valence-corrected chi connectivity index (χ0v) is 11.6. The summed E-state index contributed by atoms with van der Waals surface area (Å²) in [6, 6.07) is 0. The lowest BCUT2D eigenvalue weighted by Crippen LogP contribution is -2.80. The number of unbranched alkanes of at least 4 members (excludes halogenated alkanes) is 1. The SMILES string of the molecule is CCCCNCC1(N)C2CCCOC2C1(C)C. The standard InChI is InChI=1S/C14H28N2O/c1-4-5-8-16-10-14(15)11-7-6-9-17-12(11)13(14,2)3/h11-12,16H,4-10,15H2,1-3H3. The Morgan fingerprint density at radius 3 is 2.88 bits per heavy atom. The van der Waals surface area contributed by atoms with Crippen LogP contribution in [-0.4, -0.2) is 31.3 Å². The van der Waals surface area contributed by atoms with Gasteiger partial charge in [-0.3, -0.25) is 0 Å². The Morgan fingerprint density at radius 2 is 2.18 bits per heavy atom. The molecule has 0 aromatic rings. The predicted octanol–water partition coefficient (Wildman–Crippen LogP) is 1.91. The van der Waals surface area contributed by atoms with Crippen LogP contribution in [0, 0.1) is 11.3 Å². The fourth-order valence-corrected chi connectivity index (χ4v) is 3.62. The first-order valence-electron chi connectivity index (χ1n) is 7.15. The van der Waals surface area contributed by atoms with Crippen LogP contribution in [-0.2, 0) is 4.74 Å². The molecule has 0 bridgehead atoms. The van der Waals surface area contributed by atoms with Crippen LogP contribution in [0.25, 0.3) is 0 Å². The van der Waals surface area contributed by atoms with Gasteiger partial charge >= 0.3 is 0 Å². The van der Waals surface area contributed by atoms with Crippen molar-refractivity contribution in [2.24, 2.45) is 17.1 Å². The van der Waals surface area contributed by atoms with E-state index < -0.39 is 0 Å². The zero-order chi connectivity index (χ0) is 12.5. The molecule has 0 spiro atoms. The summed E-state index contributed by atoms with van der Waals surface area (Å²) in [6.45, 7) is 9.69. The largest absolute Gasteiger partial charge is 0.377 e. The Kier molecular flexibility index (Phi) is 3.81. The number of hydrogen-bond donors (Lipinski definition) is 2. The Bertz CT molecular complexity index is 267. The van der Waals surface area contributed by atoms with Gasteiger partial charge in [-0.05, 0) is 25.8 Å². The van der Waals surface area contributed by atoms with Crippen LogP contribution in [0.3, 0.4) is 0 Å². The molecule has 2 rings (SSSR count). The van der Waals surface area contributed by atoms with E-state index in [1.54, 1.807) is 0 Å². The van der Waals surface area contributed by atoms with Crippen LogP contribution in [0.1, 0.15) is 46.5 Å². The molecule has 1 saturated carbocycles. The summed E-state index contributed by atoms with van der Waals surface area (Å²) < 4.78 is 5.91. The minimum absolute atomic E-state index is 0.0776. The van der Waals surface area contributed by atoms with Gasteiger partial charge in [0.1, 0.15) is 0 Å². The van der Waals surface area contributed by atoms with Crippen molar-refractivity contribution in [2.75, 3.05) is 19.7 Å². The van der Waals surface area contributed by atoms with Gasteiger partial charge in [0, 0.05) is 30.0 Å². The smallest absolute Gasteiger partial charge is 0.0690 e. The molecule has 1 aliphatic heterocycles. The molecule has 3 unspecified atom stereocenters. The van der Waals surface area contributed by atoms with Gasteiger partial charge in [0.05, 0.1) is 6.10 Å². The summed E-state index contributed by atoms with van der Waals surface area (Å²) in [5.74, 6) is 0.556. The molecule has 1 heterocycles. The van der Waals surface area contributed by atoms with Gasteiger partial charge in [-0.1, -0.05) is 27.2 Å². The molecule has 2 aliphatic rings. The fraction of sp³-hybridized carbons (Fsp3) is 1.00. The molecule has 0 radical (unpaired) electrons. The van der Waals surface area contributed by atoms with Crippen molar-refractivity contribution in [3.8, 4) is 0 Å². The van der Waals surface area contributed by atoms with Crippen LogP contribution >= 0.6 is 0 Å². The first-order chi connectivity index (χ1) is 8.04. The molecule has 1 saturated heterocycles. The summed E-state index contributed by atoms with van der Waals surface area (Å²) in [5.41, 5.74) is 6.71. The maximum absolute atomic E-state index is 6.67. The van der Waals surface area contributed by atoms with Crippen LogP contribution in [0.15, 0.2) is 0 Å². The Balaban J connectivity index is 1.93. The topological polar surface area (TPSA) is 47.3 Å². The highest BCUT2D eigenvalue weighted by atomic mass is 16.5. The van der Waals surface area contributed by atoms with E-state index in [2.05, 4.69) is 26.1 Å². The minimum Gasteiger partial charge on any atom is -0.377 e. The number of nitrogens with two attached hydrogens (primary N) is 1. The van der Waals surface area contributed by atoms with Crippen LogP contribution < -0.4 is 11.1 Å². The van der Waals surface area contributed by atoms with Gasteiger partial charge in [-0.25, -0.2) is 0 Å². The van der Waals surface area contributed by atoms with Crippen molar-refractivity contribution in [1.82, 2.24) is 5.32 Å². The van der Waals surface area contributed by atoms with Crippen LogP contribution in [0.5, 0.6) is 0 Å².